The number of pyridine rings is 1. The van der Waals surface area contributed by atoms with Crippen molar-refractivity contribution < 1.29 is 8.91 Å². The molecule has 0 radical (unpaired) electrons. The smallest absolute Gasteiger partial charge is 0.228 e. The lowest BCUT2D eigenvalue weighted by Crippen LogP contribution is -2.25. The molecular formula is C21H21FN4O. The van der Waals surface area contributed by atoms with E-state index < -0.39 is 0 Å². The standard InChI is InChI=1S/C21H21FN4O/c1-3-26(4-2)13-12-20-24-21(25-27-20)19-11-10-17(15-23-19)9-8-16-6-5-7-18(22)14-16/h5-7,10-11,14-15H,3-4,12-13H2,1-2H3. The maximum Gasteiger partial charge on any atom is 0.228 e. The lowest BCUT2D eigenvalue weighted by Gasteiger charge is -2.15. The monoisotopic (exact) mass is 364 g/mol. The van der Waals surface area contributed by atoms with Crippen LogP contribution in [0.2, 0.25) is 0 Å². The Kier molecular flexibility index (Phi) is 6.29. The van der Waals surface area contributed by atoms with Gasteiger partial charge in [0.2, 0.25) is 11.7 Å². The second-order valence-electron chi connectivity index (χ2n) is 5.98. The van der Waals surface area contributed by atoms with Gasteiger partial charge in [-0.1, -0.05) is 36.9 Å². The molecule has 3 rings (SSSR count). The zero-order valence-electron chi connectivity index (χ0n) is 15.4. The Labute approximate surface area is 158 Å². The Bertz CT molecular complexity index is 937. The number of hydrogen-bond acceptors (Lipinski definition) is 5. The molecule has 5 nitrogen and oxygen atoms in total. The van der Waals surface area contributed by atoms with Crippen molar-refractivity contribution in [1.82, 2.24) is 20.0 Å². The van der Waals surface area contributed by atoms with Gasteiger partial charge in [-0.25, -0.2) is 4.39 Å². The van der Waals surface area contributed by atoms with Crippen LogP contribution in [0.25, 0.3) is 11.5 Å². The lowest BCUT2D eigenvalue weighted by atomic mass is 10.2. The average molecular weight is 364 g/mol. The summed E-state index contributed by atoms with van der Waals surface area (Å²) in [4.78, 5) is 11.1. The summed E-state index contributed by atoms with van der Waals surface area (Å²) < 4.78 is 18.5. The Hall–Kier alpha value is -3.04. The van der Waals surface area contributed by atoms with Crippen LogP contribution in [0.3, 0.4) is 0 Å². The van der Waals surface area contributed by atoms with Gasteiger partial charge in [-0.05, 0) is 43.4 Å². The molecule has 0 bridgehead atoms. The second kappa shape index (κ2) is 9.06. The van der Waals surface area contributed by atoms with Gasteiger partial charge in [0.25, 0.3) is 0 Å². The first-order valence-corrected chi connectivity index (χ1v) is 8.97. The lowest BCUT2D eigenvalue weighted by molar-refractivity contribution is 0.287. The topological polar surface area (TPSA) is 55.1 Å². The van der Waals surface area contributed by atoms with E-state index in [1.54, 1.807) is 24.4 Å². The van der Waals surface area contributed by atoms with Crippen LogP contribution in [0.15, 0.2) is 47.1 Å². The van der Waals surface area contributed by atoms with E-state index in [-0.39, 0.29) is 5.82 Å². The first kappa shape index (κ1) is 18.7. The molecule has 1 aromatic carbocycles. The maximum absolute atomic E-state index is 13.2. The zero-order chi connectivity index (χ0) is 19.1. The van der Waals surface area contributed by atoms with Gasteiger partial charge in [0.1, 0.15) is 11.5 Å². The van der Waals surface area contributed by atoms with E-state index in [9.17, 15) is 4.39 Å². The number of aromatic nitrogens is 3. The molecule has 0 aliphatic heterocycles. The maximum atomic E-state index is 13.2. The van der Waals surface area contributed by atoms with Gasteiger partial charge in [-0.3, -0.25) is 4.98 Å². The molecule has 138 valence electrons. The Morgan fingerprint density at radius 2 is 1.89 bits per heavy atom. The molecular weight excluding hydrogens is 343 g/mol. The van der Waals surface area contributed by atoms with Crippen LogP contribution in [0, 0.1) is 17.7 Å². The predicted octanol–water partition coefficient (Wildman–Crippen LogP) is 3.55. The van der Waals surface area contributed by atoms with Crippen LogP contribution in [0.4, 0.5) is 4.39 Å². The van der Waals surface area contributed by atoms with Gasteiger partial charge in [0, 0.05) is 30.3 Å². The highest BCUT2D eigenvalue weighted by Crippen LogP contribution is 2.14. The molecule has 0 spiro atoms. The first-order valence-electron chi connectivity index (χ1n) is 8.97. The molecule has 0 N–H and O–H groups in total. The van der Waals surface area contributed by atoms with Crippen LogP contribution in [-0.2, 0) is 6.42 Å². The first-order chi connectivity index (χ1) is 13.2. The van der Waals surface area contributed by atoms with Crippen molar-refractivity contribution >= 4 is 0 Å². The van der Waals surface area contributed by atoms with E-state index in [2.05, 4.69) is 45.7 Å². The molecule has 2 heterocycles. The van der Waals surface area contributed by atoms with Crippen LogP contribution < -0.4 is 0 Å². The molecule has 6 heteroatoms. The number of halogens is 1. The number of rotatable bonds is 6. The Balaban J connectivity index is 1.66. The highest BCUT2D eigenvalue weighted by atomic mass is 19.1. The summed E-state index contributed by atoms with van der Waals surface area (Å²) in [5, 5.41) is 4.00. The van der Waals surface area contributed by atoms with Crippen molar-refractivity contribution in [2.24, 2.45) is 0 Å². The van der Waals surface area contributed by atoms with Crippen LogP contribution >= 0.6 is 0 Å². The van der Waals surface area contributed by atoms with Crippen LogP contribution in [-0.4, -0.2) is 39.7 Å². The summed E-state index contributed by atoms with van der Waals surface area (Å²) in [7, 11) is 0. The van der Waals surface area contributed by atoms with Gasteiger partial charge >= 0.3 is 0 Å². The third-order valence-electron chi connectivity index (χ3n) is 4.17. The summed E-state index contributed by atoms with van der Waals surface area (Å²) >= 11 is 0. The van der Waals surface area contributed by atoms with Crippen LogP contribution in [0.1, 0.15) is 30.9 Å². The normalized spacial score (nSPS) is 10.7. The molecule has 0 unspecified atom stereocenters. The highest BCUT2D eigenvalue weighted by molar-refractivity contribution is 5.50. The van der Waals surface area contributed by atoms with E-state index >= 15 is 0 Å². The number of benzene rings is 1. The number of nitrogens with zero attached hydrogens (tertiary/aromatic N) is 4. The largest absolute Gasteiger partial charge is 0.339 e. The minimum atomic E-state index is -0.302. The average Bonchev–Trinajstić information content (AvgIpc) is 3.17. The predicted molar refractivity (Wildman–Crippen MR) is 101 cm³/mol. The van der Waals surface area contributed by atoms with Gasteiger partial charge in [-0.15, -0.1) is 0 Å². The molecule has 0 aliphatic rings. The molecule has 3 aromatic rings. The van der Waals surface area contributed by atoms with Crippen molar-refractivity contribution in [3.05, 3.63) is 65.4 Å². The second-order valence-corrected chi connectivity index (χ2v) is 5.98. The fraction of sp³-hybridized carbons (Fsp3) is 0.286. The van der Waals surface area contributed by atoms with Gasteiger partial charge in [0.15, 0.2) is 0 Å². The molecule has 0 amide bonds. The third kappa shape index (κ3) is 5.22. The van der Waals surface area contributed by atoms with Gasteiger partial charge in [-0.2, -0.15) is 4.98 Å². The molecule has 0 saturated heterocycles. The van der Waals surface area contributed by atoms with Crippen molar-refractivity contribution in [3.63, 3.8) is 0 Å². The summed E-state index contributed by atoms with van der Waals surface area (Å²) in [5.74, 6) is 6.66. The Morgan fingerprint density at radius 3 is 2.59 bits per heavy atom. The SMILES string of the molecule is CCN(CC)CCc1nc(-c2ccc(C#Cc3cccc(F)c3)cn2)no1. The number of hydrogen-bond donors (Lipinski definition) is 0. The third-order valence-corrected chi connectivity index (χ3v) is 4.17. The summed E-state index contributed by atoms with van der Waals surface area (Å²) in [6.45, 7) is 7.14. The van der Waals surface area contributed by atoms with Crippen molar-refractivity contribution in [2.75, 3.05) is 19.6 Å². The van der Waals surface area contributed by atoms with Crippen LogP contribution in [0.5, 0.6) is 0 Å². The quantitative estimate of drug-likeness (QED) is 0.626. The molecule has 0 saturated carbocycles. The van der Waals surface area contributed by atoms with E-state index in [1.165, 1.54) is 12.1 Å². The summed E-state index contributed by atoms with van der Waals surface area (Å²) in [5.41, 5.74) is 1.98. The fourth-order valence-corrected chi connectivity index (χ4v) is 2.56. The van der Waals surface area contributed by atoms with E-state index in [1.807, 2.05) is 6.07 Å². The minimum absolute atomic E-state index is 0.302. The molecule has 0 atom stereocenters. The van der Waals surface area contributed by atoms with E-state index in [4.69, 9.17) is 4.52 Å². The van der Waals surface area contributed by atoms with Crippen molar-refractivity contribution in [1.29, 1.82) is 0 Å². The number of likely N-dealkylation sites (N-methyl/N-ethyl adjacent to an activating group) is 1. The molecule has 0 aliphatic carbocycles. The molecule has 2 aromatic heterocycles. The molecule has 0 fully saturated rings. The highest BCUT2D eigenvalue weighted by Gasteiger charge is 2.10. The molecule has 27 heavy (non-hydrogen) atoms. The van der Waals surface area contributed by atoms with Gasteiger partial charge in [0.05, 0.1) is 0 Å². The Morgan fingerprint density at radius 1 is 1.07 bits per heavy atom. The van der Waals surface area contributed by atoms with Crippen molar-refractivity contribution in [2.45, 2.75) is 20.3 Å². The summed E-state index contributed by atoms with van der Waals surface area (Å²) in [6.07, 6.45) is 2.36. The fourth-order valence-electron chi connectivity index (χ4n) is 2.56. The van der Waals surface area contributed by atoms with E-state index in [0.29, 0.717) is 29.4 Å². The zero-order valence-corrected chi connectivity index (χ0v) is 15.4. The minimum Gasteiger partial charge on any atom is -0.339 e. The van der Waals surface area contributed by atoms with Crippen molar-refractivity contribution in [3.8, 4) is 23.4 Å². The van der Waals surface area contributed by atoms with E-state index in [0.717, 1.165) is 25.2 Å². The summed E-state index contributed by atoms with van der Waals surface area (Å²) in [6, 6.07) is 9.82. The van der Waals surface area contributed by atoms with Gasteiger partial charge < -0.3 is 9.42 Å².